The van der Waals surface area contributed by atoms with Crippen LogP contribution >= 0.6 is 11.3 Å². The molecule has 1 amide bonds. The number of carbonyl (C=O) groups is 1. The summed E-state index contributed by atoms with van der Waals surface area (Å²) in [5.74, 6) is -0.522. The number of hydrogen-bond donors (Lipinski definition) is 2. The first kappa shape index (κ1) is 16.4. The number of nitrogens with one attached hydrogen (secondary N) is 2. The second-order valence-electron chi connectivity index (χ2n) is 4.97. The quantitative estimate of drug-likeness (QED) is 0.689. The molecular formula is C17H14N2O3S2. The van der Waals surface area contributed by atoms with Gasteiger partial charge in [-0.05, 0) is 52.2 Å². The van der Waals surface area contributed by atoms with Gasteiger partial charge < -0.3 is 0 Å². The van der Waals surface area contributed by atoms with Crippen molar-refractivity contribution in [2.24, 2.45) is 0 Å². The molecule has 3 aromatic rings. The molecule has 0 atom stereocenters. The molecule has 2 aromatic carbocycles. The summed E-state index contributed by atoms with van der Waals surface area (Å²) in [4.78, 5) is 14.4. The van der Waals surface area contributed by atoms with Gasteiger partial charge in [-0.25, -0.2) is 8.42 Å². The fourth-order valence-electron chi connectivity index (χ4n) is 2.11. The summed E-state index contributed by atoms with van der Waals surface area (Å²) in [6, 6.07) is 16.8. The normalized spacial score (nSPS) is 11.2. The van der Waals surface area contributed by atoms with Crippen LogP contribution in [0.25, 0.3) is 11.1 Å². The fourth-order valence-corrected chi connectivity index (χ4v) is 3.64. The Bertz CT molecular complexity index is 937. The number of sulfonamides is 1. The van der Waals surface area contributed by atoms with E-state index in [-0.39, 0.29) is 4.90 Å². The van der Waals surface area contributed by atoms with Gasteiger partial charge in [0.2, 0.25) is 0 Å². The molecule has 0 unspecified atom stereocenters. The van der Waals surface area contributed by atoms with Crippen LogP contribution in [0.15, 0.2) is 76.3 Å². The number of hydrogen-bond acceptors (Lipinski definition) is 4. The van der Waals surface area contributed by atoms with Gasteiger partial charge in [0, 0.05) is 5.56 Å². The Kier molecular flexibility index (Phi) is 4.75. The molecule has 0 aliphatic heterocycles. The van der Waals surface area contributed by atoms with E-state index >= 15 is 0 Å². The molecule has 0 bridgehead atoms. The van der Waals surface area contributed by atoms with Crippen molar-refractivity contribution in [3.8, 4) is 11.1 Å². The Hall–Kier alpha value is -2.48. The van der Waals surface area contributed by atoms with Gasteiger partial charge in [0.1, 0.15) is 0 Å². The first-order valence-electron chi connectivity index (χ1n) is 7.06. The number of carbonyl (C=O) groups excluding carboxylic acids is 1. The lowest BCUT2D eigenvalue weighted by Gasteiger charge is -2.09. The lowest BCUT2D eigenvalue weighted by atomic mass is 10.1. The lowest BCUT2D eigenvalue weighted by molar-refractivity contribution is 0.0945. The summed E-state index contributed by atoms with van der Waals surface area (Å²) in [5.41, 5.74) is 4.52. The van der Waals surface area contributed by atoms with Gasteiger partial charge in [0.25, 0.3) is 15.9 Å². The van der Waals surface area contributed by atoms with E-state index in [1.54, 1.807) is 47.7 Å². The van der Waals surface area contributed by atoms with Crippen LogP contribution in [0, 0.1) is 0 Å². The standard InChI is InChI=1S/C17H14N2O3S2/c20-17(18-19-24(21,22)16-7-2-1-3-8-16)14-6-4-5-13(11-14)15-9-10-23-12-15/h1-12,19H,(H,18,20). The van der Waals surface area contributed by atoms with Crippen LogP contribution in [0.3, 0.4) is 0 Å². The minimum Gasteiger partial charge on any atom is -0.273 e. The average molecular weight is 358 g/mol. The molecule has 2 N–H and O–H groups in total. The summed E-state index contributed by atoms with van der Waals surface area (Å²) < 4.78 is 24.2. The smallest absolute Gasteiger partial charge is 0.266 e. The molecule has 5 nitrogen and oxygen atoms in total. The number of thiophene rings is 1. The van der Waals surface area contributed by atoms with E-state index in [1.165, 1.54) is 12.1 Å². The minimum atomic E-state index is -3.80. The maximum Gasteiger partial charge on any atom is 0.266 e. The van der Waals surface area contributed by atoms with Crippen LogP contribution in [0.1, 0.15) is 10.4 Å². The SMILES string of the molecule is O=C(NNS(=O)(=O)c1ccccc1)c1cccc(-c2ccsc2)c1. The minimum absolute atomic E-state index is 0.0809. The Morgan fingerprint density at radius 3 is 2.42 bits per heavy atom. The molecule has 0 saturated carbocycles. The van der Waals surface area contributed by atoms with Crippen molar-refractivity contribution in [3.05, 3.63) is 77.0 Å². The Balaban J connectivity index is 1.73. The van der Waals surface area contributed by atoms with Crippen molar-refractivity contribution in [1.82, 2.24) is 10.3 Å². The molecular weight excluding hydrogens is 344 g/mol. The van der Waals surface area contributed by atoms with Crippen LogP contribution in [0.4, 0.5) is 0 Å². The van der Waals surface area contributed by atoms with Gasteiger partial charge in [0.05, 0.1) is 4.90 Å². The molecule has 122 valence electrons. The molecule has 24 heavy (non-hydrogen) atoms. The van der Waals surface area contributed by atoms with Crippen molar-refractivity contribution in [2.75, 3.05) is 0 Å². The highest BCUT2D eigenvalue weighted by molar-refractivity contribution is 7.89. The molecule has 0 spiro atoms. The Morgan fingerprint density at radius 1 is 0.917 bits per heavy atom. The largest absolute Gasteiger partial charge is 0.273 e. The van der Waals surface area contributed by atoms with E-state index in [4.69, 9.17) is 0 Å². The highest BCUT2D eigenvalue weighted by Crippen LogP contribution is 2.22. The third kappa shape index (κ3) is 3.70. The number of hydrazine groups is 1. The van der Waals surface area contributed by atoms with Crippen molar-refractivity contribution in [2.45, 2.75) is 4.90 Å². The zero-order chi connectivity index (χ0) is 17.0. The van der Waals surface area contributed by atoms with Crippen LogP contribution in [0.5, 0.6) is 0 Å². The molecule has 0 saturated heterocycles. The number of rotatable bonds is 5. The molecule has 3 rings (SSSR count). The Labute approximate surface area is 144 Å². The van der Waals surface area contributed by atoms with E-state index in [9.17, 15) is 13.2 Å². The van der Waals surface area contributed by atoms with Crippen LogP contribution in [0.2, 0.25) is 0 Å². The monoisotopic (exact) mass is 358 g/mol. The summed E-state index contributed by atoms with van der Waals surface area (Å²) in [6.45, 7) is 0. The van der Waals surface area contributed by atoms with E-state index < -0.39 is 15.9 Å². The first-order valence-corrected chi connectivity index (χ1v) is 9.49. The molecule has 0 radical (unpaired) electrons. The first-order chi connectivity index (χ1) is 11.6. The van der Waals surface area contributed by atoms with E-state index in [1.807, 2.05) is 22.9 Å². The zero-order valence-electron chi connectivity index (χ0n) is 12.5. The number of benzene rings is 2. The van der Waals surface area contributed by atoms with Crippen molar-refractivity contribution >= 4 is 27.3 Å². The second-order valence-corrected chi connectivity index (χ2v) is 7.43. The van der Waals surface area contributed by atoms with E-state index in [0.717, 1.165) is 11.1 Å². The van der Waals surface area contributed by atoms with E-state index in [2.05, 4.69) is 10.3 Å². The van der Waals surface area contributed by atoms with Gasteiger partial charge >= 0.3 is 0 Å². The van der Waals surface area contributed by atoms with Gasteiger partial charge in [-0.3, -0.25) is 10.2 Å². The summed E-state index contributed by atoms with van der Waals surface area (Å²) >= 11 is 1.57. The fraction of sp³-hybridized carbons (Fsp3) is 0. The predicted octanol–water partition coefficient (Wildman–Crippen LogP) is 3.04. The van der Waals surface area contributed by atoms with Crippen molar-refractivity contribution in [3.63, 3.8) is 0 Å². The highest BCUT2D eigenvalue weighted by atomic mass is 32.2. The lowest BCUT2D eigenvalue weighted by Crippen LogP contribution is -2.41. The summed E-state index contributed by atoms with van der Waals surface area (Å²) in [5, 5.41) is 3.94. The van der Waals surface area contributed by atoms with Gasteiger partial charge in [-0.15, -0.1) is 4.83 Å². The van der Waals surface area contributed by atoms with Crippen LogP contribution in [-0.2, 0) is 10.0 Å². The van der Waals surface area contributed by atoms with Gasteiger partial charge in [-0.2, -0.15) is 11.3 Å². The molecule has 0 aliphatic carbocycles. The Morgan fingerprint density at radius 2 is 1.71 bits per heavy atom. The summed E-state index contributed by atoms with van der Waals surface area (Å²) in [7, 11) is -3.80. The predicted molar refractivity (Wildman–Crippen MR) is 94.0 cm³/mol. The van der Waals surface area contributed by atoms with Crippen molar-refractivity contribution in [1.29, 1.82) is 0 Å². The maximum absolute atomic E-state index is 12.2. The third-order valence-electron chi connectivity index (χ3n) is 3.33. The molecule has 1 aromatic heterocycles. The summed E-state index contributed by atoms with van der Waals surface area (Å²) in [6.07, 6.45) is 0. The van der Waals surface area contributed by atoms with Gasteiger partial charge in [-0.1, -0.05) is 30.3 Å². The second kappa shape index (κ2) is 6.96. The topological polar surface area (TPSA) is 75.3 Å². The average Bonchev–Trinajstić information content (AvgIpc) is 3.15. The maximum atomic E-state index is 12.2. The third-order valence-corrected chi connectivity index (χ3v) is 5.28. The van der Waals surface area contributed by atoms with Crippen LogP contribution in [-0.4, -0.2) is 14.3 Å². The highest BCUT2D eigenvalue weighted by Gasteiger charge is 2.15. The molecule has 1 heterocycles. The van der Waals surface area contributed by atoms with Gasteiger partial charge in [0.15, 0.2) is 0 Å². The van der Waals surface area contributed by atoms with Crippen LogP contribution < -0.4 is 10.3 Å². The number of amides is 1. The zero-order valence-corrected chi connectivity index (χ0v) is 14.1. The molecule has 0 fully saturated rings. The molecule has 7 heteroatoms. The molecule has 0 aliphatic rings. The van der Waals surface area contributed by atoms with Crippen molar-refractivity contribution < 1.29 is 13.2 Å². The van der Waals surface area contributed by atoms with E-state index in [0.29, 0.717) is 5.56 Å².